The second kappa shape index (κ2) is 10.5. The molecular weight excluding hydrogens is 472 g/mol. The Kier molecular flexibility index (Phi) is 7.60. The van der Waals surface area contributed by atoms with Crippen molar-refractivity contribution in [2.75, 3.05) is 19.5 Å². The van der Waals surface area contributed by atoms with Gasteiger partial charge < -0.3 is 9.47 Å². The summed E-state index contributed by atoms with van der Waals surface area (Å²) in [6.45, 7) is 4.07. The summed E-state index contributed by atoms with van der Waals surface area (Å²) in [5.41, 5.74) is 4.52. The number of aromatic nitrogens is 2. The van der Waals surface area contributed by atoms with E-state index in [1.54, 1.807) is 0 Å². The number of nitrogens with one attached hydrogen (secondary N) is 1. The van der Waals surface area contributed by atoms with Crippen LogP contribution in [0.3, 0.4) is 0 Å². The van der Waals surface area contributed by atoms with Gasteiger partial charge in [0.05, 0.1) is 36.2 Å². The second-order valence-electron chi connectivity index (χ2n) is 8.59. The lowest BCUT2D eigenvalue weighted by molar-refractivity contribution is 0.0327. The number of nitrogens with zero attached hydrogens (tertiary/aromatic N) is 3. The van der Waals surface area contributed by atoms with Crippen molar-refractivity contribution in [1.29, 1.82) is 5.26 Å². The van der Waals surface area contributed by atoms with Gasteiger partial charge in [-0.1, -0.05) is 35.6 Å². The first kappa shape index (κ1) is 24.7. The van der Waals surface area contributed by atoms with Gasteiger partial charge in [0.2, 0.25) is 10.0 Å². The van der Waals surface area contributed by atoms with Crippen LogP contribution in [0.5, 0.6) is 0 Å². The minimum atomic E-state index is -3.43. The van der Waals surface area contributed by atoms with E-state index in [0.29, 0.717) is 18.4 Å². The highest BCUT2D eigenvalue weighted by Crippen LogP contribution is 2.40. The van der Waals surface area contributed by atoms with Gasteiger partial charge in [0.1, 0.15) is 10.0 Å². The zero-order chi connectivity index (χ0) is 24.3. The van der Waals surface area contributed by atoms with E-state index >= 15 is 0 Å². The van der Waals surface area contributed by atoms with E-state index in [2.05, 4.69) is 21.0 Å². The summed E-state index contributed by atoms with van der Waals surface area (Å²) in [6, 6.07) is 7.90. The van der Waals surface area contributed by atoms with Crippen LogP contribution in [0, 0.1) is 11.3 Å². The third-order valence-electron chi connectivity index (χ3n) is 5.83. The zero-order valence-electron chi connectivity index (χ0n) is 19.4. The van der Waals surface area contributed by atoms with Crippen LogP contribution in [-0.4, -0.2) is 50.3 Å². The van der Waals surface area contributed by atoms with Crippen molar-refractivity contribution in [3.63, 3.8) is 0 Å². The molecule has 0 saturated carbocycles. The van der Waals surface area contributed by atoms with Crippen molar-refractivity contribution in [1.82, 2.24) is 14.9 Å². The molecule has 4 rings (SSSR count). The maximum Gasteiger partial charge on any atom is 0.214 e. The molecule has 1 unspecified atom stereocenters. The summed E-state index contributed by atoms with van der Waals surface area (Å²) in [5, 5.41) is 19.9. The SMILES string of the molecule is COCCS(=O)(=O)N[C@H]1CCc2c(-c3nnc(C4=CCC(OC(C)C)C(C#N)=C4)s3)cccc21. The van der Waals surface area contributed by atoms with Gasteiger partial charge in [0, 0.05) is 24.3 Å². The molecule has 0 spiro atoms. The number of hydrogen-bond donors (Lipinski definition) is 1. The molecular formula is C24H28N4O4S2. The summed E-state index contributed by atoms with van der Waals surface area (Å²) in [5.74, 6) is -0.0643. The van der Waals surface area contributed by atoms with Gasteiger partial charge >= 0.3 is 0 Å². The van der Waals surface area contributed by atoms with E-state index in [1.807, 2.05) is 44.2 Å². The Morgan fingerprint density at radius 2 is 2.09 bits per heavy atom. The van der Waals surface area contributed by atoms with E-state index in [1.165, 1.54) is 18.4 Å². The van der Waals surface area contributed by atoms with Crippen LogP contribution < -0.4 is 4.72 Å². The van der Waals surface area contributed by atoms with E-state index < -0.39 is 10.0 Å². The van der Waals surface area contributed by atoms with Gasteiger partial charge in [-0.15, -0.1) is 10.2 Å². The maximum atomic E-state index is 12.4. The lowest BCUT2D eigenvalue weighted by atomic mass is 9.97. The van der Waals surface area contributed by atoms with Gasteiger partial charge in [-0.05, 0) is 50.3 Å². The average molecular weight is 501 g/mol. The lowest BCUT2D eigenvalue weighted by Crippen LogP contribution is -2.31. The van der Waals surface area contributed by atoms with Crippen molar-refractivity contribution in [3.05, 3.63) is 52.1 Å². The third kappa shape index (κ3) is 5.45. The molecule has 1 heterocycles. The Morgan fingerprint density at radius 1 is 1.29 bits per heavy atom. The Hall–Kier alpha value is -2.42. The van der Waals surface area contributed by atoms with Gasteiger partial charge in [-0.3, -0.25) is 0 Å². The highest BCUT2D eigenvalue weighted by Gasteiger charge is 2.29. The van der Waals surface area contributed by atoms with Crippen molar-refractivity contribution < 1.29 is 17.9 Å². The number of methoxy groups -OCH3 is 1. The first-order valence-electron chi connectivity index (χ1n) is 11.2. The first-order chi connectivity index (χ1) is 16.3. The van der Waals surface area contributed by atoms with E-state index in [-0.39, 0.29) is 30.6 Å². The van der Waals surface area contributed by atoms with Gasteiger partial charge in [-0.2, -0.15) is 5.26 Å². The number of allylic oxidation sites excluding steroid dienone is 2. The van der Waals surface area contributed by atoms with Crippen molar-refractivity contribution >= 4 is 26.9 Å². The number of sulfonamides is 1. The van der Waals surface area contributed by atoms with Gasteiger partial charge in [0.25, 0.3) is 0 Å². The molecule has 2 aliphatic rings. The predicted molar refractivity (Wildman–Crippen MR) is 132 cm³/mol. The highest BCUT2D eigenvalue weighted by atomic mass is 32.2. The zero-order valence-corrected chi connectivity index (χ0v) is 21.1. The van der Waals surface area contributed by atoms with E-state index in [9.17, 15) is 13.7 Å². The molecule has 2 aliphatic carbocycles. The molecule has 180 valence electrons. The van der Waals surface area contributed by atoms with Crippen molar-refractivity contribution in [2.24, 2.45) is 0 Å². The lowest BCUT2D eigenvalue weighted by Gasteiger charge is -2.21. The maximum absolute atomic E-state index is 12.4. The standard InChI is InChI=1S/C24H28N4O4S2/c1-15(2)32-22-10-7-16(13-17(22)14-25)23-26-27-24(33-23)20-6-4-5-19-18(20)8-9-21(19)28-34(29,30)12-11-31-3/h4-7,13,15,21-22,28H,8-12H2,1-3H3/t21-,22?/m0/s1. The van der Waals surface area contributed by atoms with E-state index in [0.717, 1.165) is 38.7 Å². The Balaban J connectivity index is 1.56. The summed E-state index contributed by atoms with van der Waals surface area (Å²) in [4.78, 5) is 0. The first-order valence-corrected chi connectivity index (χ1v) is 13.7. The molecule has 0 radical (unpaired) electrons. The molecule has 0 amide bonds. The van der Waals surface area contributed by atoms with Crippen LogP contribution in [0.2, 0.25) is 0 Å². The highest BCUT2D eigenvalue weighted by molar-refractivity contribution is 7.89. The van der Waals surface area contributed by atoms with Gasteiger partial charge in [-0.25, -0.2) is 13.1 Å². The molecule has 2 aromatic rings. The number of hydrogen-bond acceptors (Lipinski definition) is 8. The Labute approximate surface area is 204 Å². The summed E-state index contributed by atoms with van der Waals surface area (Å²) in [7, 11) is -1.94. The number of benzene rings is 1. The monoisotopic (exact) mass is 500 g/mol. The molecule has 34 heavy (non-hydrogen) atoms. The molecule has 0 saturated heterocycles. The fourth-order valence-electron chi connectivity index (χ4n) is 4.29. The number of fused-ring (bicyclic) bond motifs is 1. The number of rotatable bonds is 9. The van der Waals surface area contributed by atoms with Crippen LogP contribution in [0.25, 0.3) is 16.1 Å². The van der Waals surface area contributed by atoms with Gasteiger partial charge in [0.15, 0.2) is 0 Å². The predicted octanol–water partition coefficient (Wildman–Crippen LogP) is 3.79. The largest absolute Gasteiger partial charge is 0.384 e. The fraction of sp³-hybridized carbons (Fsp3) is 0.458. The van der Waals surface area contributed by atoms with Crippen LogP contribution in [-0.2, 0) is 25.9 Å². The minimum Gasteiger partial charge on any atom is -0.384 e. The molecule has 1 N–H and O–H groups in total. The summed E-state index contributed by atoms with van der Waals surface area (Å²) in [6.07, 6.45) is 5.75. The normalized spacial score (nSPS) is 20.1. The molecule has 2 atom stereocenters. The smallest absolute Gasteiger partial charge is 0.214 e. The summed E-state index contributed by atoms with van der Waals surface area (Å²) < 4.78 is 38.3. The number of ether oxygens (including phenoxy) is 2. The van der Waals surface area contributed by atoms with Crippen LogP contribution in [0.15, 0.2) is 35.9 Å². The minimum absolute atomic E-state index is 0.0401. The topological polar surface area (TPSA) is 114 Å². The van der Waals surface area contributed by atoms with Crippen molar-refractivity contribution in [3.8, 4) is 16.6 Å². The Morgan fingerprint density at radius 3 is 2.82 bits per heavy atom. The summed E-state index contributed by atoms with van der Waals surface area (Å²) >= 11 is 1.47. The van der Waals surface area contributed by atoms with Crippen LogP contribution in [0.4, 0.5) is 0 Å². The average Bonchev–Trinajstić information content (AvgIpc) is 3.45. The molecule has 8 nitrogen and oxygen atoms in total. The third-order valence-corrected chi connectivity index (χ3v) is 8.18. The molecule has 10 heteroatoms. The van der Waals surface area contributed by atoms with Crippen molar-refractivity contribution in [2.45, 2.75) is 51.4 Å². The molecule has 1 aromatic heterocycles. The molecule has 0 fully saturated rings. The molecule has 0 bridgehead atoms. The fourth-order valence-corrected chi connectivity index (χ4v) is 6.38. The quantitative estimate of drug-likeness (QED) is 0.557. The Bertz CT molecular complexity index is 1260. The number of nitriles is 1. The molecule has 1 aromatic carbocycles. The van der Waals surface area contributed by atoms with Crippen LogP contribution in [0.1, 0.15) is 48.9 Å². The van der Waals surface area contributed by atoms with Crippen LogP contribution >= 0.6 is 11.3 Å². The second-order valence-corrected chi connectivity index (χ2v) is 11.4. The van der Waals surface area contributed by atoms with E-state index in [4.69, 9.17) is 9.47 Å². The molecule has 0 aliphatic heterocycles.